The predicted octanol–water partition coefficient (Wildman–Crippen LogP) is 4.35. The SMILES string of the molecule is O=C(C=Cc1ccc(C=C(C(=O)NC2CC2)c2ccc(OC3CCCC3)cc2)cc1)NO. The molecule has 2 aliphatic carbocycles. The molecule has 2 aliphatic rings. The third-order valence-electron chi connectivity index (χ3n) is 5.71. The van der Waals surface area contributed by atoms with Gasteiger partial charge >= 0.3 is 0 Å². The molecular formula is C26H28N2O4. The van der Waals surface area contributed by atoms with Gasteiger partial charge in [-0.15, -0.1) is 0 Å². The fourth-order valence-electron chi connectivity index (χ4n) is 3.76. The van der Waals surface area contributed by atoms with Gasteiger partial charge in [0, 0.05) is 17.7 Å². The minimum Gasteiger partial charge on any atom is -0.490 e. The molecule has 0 saturated heterocycles. The average Bonchev–Trinajstić information content (AvgIpc) is 3.48. The number of benzene rings is 2. The largest absolute Gasteiger partial charge is 0.490 e. The normalized spacial score (nSPS) is 16.8. The molecule has 2 aromatic carbocycles. The molecule has 4 rings (SSSR count). The Morgan fingerprint density at radius 1 is 0.906 bits per heavy atom. The molecule has 0 heterocycles. The van der Waals surface area contributed by atoms with E-state index in [9.17, 15) is 9.59 Å². The third kappa shape index (κ3) is 6.08. The number of ether oxygens (including phenoxy) is 1. The van der Waals surface area contributed by atoms with Crippen molar-refractivity contribution >= 4 is 29.5 Å². The predicted molar refractivity (Wildman–Crippen MR) is 124 cm³/mol. The zero-order chi connectivity index (χ0) is 22.3. The highest BCUT2D eigenvalue weighted by molar-refractivity contribution is 6.24. The molecule has 2 amide bonds. The minimum absolute atomic E-state index is 0.0828. The van der Waals surface area contributed by atoms with Crippen molar-refractivity contribution in [3.63, 3.8) is 0 Å². The number of rotatable bonds is 8. The zero-order valence-corrected chi connectivity index (χ0v) is 17.9. The van der Waals surface area contributed by atoms with Crippen molar-refractivity contribution < 1.29 is 19.5 Å². The van der Waals surface area contributed by atoms with Crippen molar-refractivity contribution in [3.8, 4) is 5.75 Å². The van der Waals surface area contributed by atoms with Crippen LogP contribution in [0.1, 0.15) is 55.2 Å². The number of carbonyl (C=O) groups excluding carboxylic acids is 2. The van der Waals surface area contributed by atoms with E-state index in [0.717, 1.165) is 48.1 Å². The van der Waals surface area contributed by atoms with Gasteiger partial charge in [-0.3, -0.25) is 14.8 Å². The van der Waals surface area contributed by atoms with Crippen LogP contribution in [0, 0.1) is 0 Å². The lowest BCUT2D eigenvalue weighted by molar-refractivity contribution is -0.124. The first-order valence-electron chi connectivity index (χ1n) is 11.1. The van der Waals surface area contributed by atoms with Crippen molar-refractivity contribution in [2.24, 2.45) is 0 Å². The average molecular weight is 433 g/mol. The number of carbonyl (C=O) groups is 2. The number of nitrogens with one attached hydrogen (secondary N) is 2. The van der Waals surface area contributed by atoms with E-state index in [0.29, 0.717) is 11.7 Å². The Morgan fingerprint density at radius 3 is 2.19 bits per heavy atom. The van der Waals surface area contributed by atoms with Crippen molar-refractivity contribution in [1.82, 2.24) is 10.8 Å². The van der Waals surface area contributed by atoms with Crippen LogP contribution in [0.15, 0.2) is 54.6 Å². The smallest absolute Gasteiger partial charge is 0.267 e. The van der Waals surface area contributed by atoms with Crippen LogP contribution in [0.4, 0.5) is 0 Å². The van der Waals surface area contributed by atoms with Gasteiger partial charge in [0.05, 0.1) is 6.10 Å². The second-order valence-corrected chi connectivity index (χ2v) is 8.33. The summed E-state index contributed by atoms with van der Waals surface area (Å²) in [7, 11) is 0. The molecule has 2 aromatic rings. The molecule has 0 aromatic heterocycles. The van der Waals surface area contributed by atoms with Crippen LogP contribution in [-0.2, 0) is 9.59 Å². The summed E-state index contributed by atoms with van der Waals surface area (Å²) in [6.45, 7) is 0. The van der Waals surface area contributed by atoms with E-state index in [1.165, 1.54) is 18.9 Å². The number of amides is 2. The lowest BCUT2D eigenvalue weighted by Crippen LogP contribution is -2.26. The van der Waals surface area contributed by atoms with Crippen molar-refractivity contribution in [1.29, 1.82) is 0 Å². The lowest BCUT2D eigenvalue weighted by atomic mass is 10.0. The van der Waals surface area contributed by atoms with E-state index < -0.39 is 5.91 Å². The van der Waals surface area contributed by atoms with Crippen LogP contribution in [0.25, 0.3) is 17.7 Å². The molecule has 166 valence electrons. The van der Waals surface area contributed by atoms with Crippen LogP contribution >= 0.6 is 0 Å². The van der Waals surface area contributed by atoms with Crippen molar-refractivity contribution in [2.75, 3.05) is 0 Å². The molecule has 0 aliphatic heterocycles. The van der Waals surface area contributed by atoms with E-state index in [-0.39, 0.29) is 11.9 Å². The van der Waals surface area contributed by atoms with Gasteiger partial charge in [0.15, 0.2) is 0 Å². The van der Waals surface area contributed by atoms with Crippen molar-refractivity contribution in [2.45, 2.75) is 50.7 Å². The van der Waals surface area contributed by atoms with Gasteiger partial charge in [0.25, 0.3) is 11.8 Å². The third-order valence-corrected chi connectivity index (χ3v) is 5.71. The van der Waals surface area contributed by atoms with Crippen LogP contribution in [-0.4, -0.2) is 29.2 Å². The Hall–Kier alpha value is -3.38. The first kappa shape index (κ1) is 21.8. The maximum atomic E-state index is 12.9. The van der Waals surface area contributed by atoms with Crippen LogP contribution in [0.2, 0.25) is 0 Å². The number of hydrogen-bond donors (Lipinski definition) is 3. The van der Waals surface area contributed by atoms with E-state index in [1.54, 1.807) is 11.6 Å². The Labute approximate surface area is 187 Å². The molecule has 3 N–H and O–H groups in total. The maximum absolute atomic E-state index is 12.9. The molecule has 0 spiro atoms. The van der Waals surface area contributed by atoms with Gasteiger partial charge in [-0.25, -0.2) is 5.48 Å². The first-order chi connectivity index (χ1) is 15.6. The highest BCUT2D eigenvalue weighted by Gasteiger charge is 2.25. The number of hydrogen-bond acceptors (Lipinski definition) is 4. The van der Waals surface area contributed by atoms with Crippen LogP contribution < -0.4 is 15.5 Å². The zero-order valence-electron chi connectivity index (χ0n) is 17.9. The Kier molecular flexibility index (Phi) is 7.02. The van der Waals surface area contributed by atoms with Crippen molar-refractivity contribution in [3.05, 3.63) is 71.3 Å². The van der Waals surface area contributed by atoms with Gasteiger partial charge in [-0.1, -0.05) is 36.4 Å². The summed E-state index contributed by atoms with van der Waals surface area (Å²) in [5, 5.41) is 11.6. The second kappa shape index (κ2) is 10.3. The highest BCUT2D eigenvalue weighted by Crippen LogP contribution is 2.27. The molecule has 0 radical (unpaired) electrons. The minimum atomic E-state index is -0.589. The lowest BCUT2D eigenvalue weighted by Gasteiger charge is -2.14. The number of hydroxylamine groups is 1. The van der Waals surface area contributed by atoms with E-state index in [1.807, 2.05) is 54.6 Å². The van der Waals surface area contributed by atoms with Crippen LogP contribution in [0.3, 0.4) is 0 Å². The summed E-state index contributed by atoms with van der Waals surface area (Å²) in [6, 6.07) is 15.5. The quantitative estimate of drug-likeness (QED) is 0.251. The fourth-order valence-corrected chi connectivity index (χ4v) is 3.76. The molecule has 0 unspecified atom stereocenters. The van der Waals surface area contributed by atoms with E-state index in [4.69, 9.17) is 9.94 Å². The molecule has 2 saturated carbocycles. The Balaban J connectivity index is 1.53. The Bertz CT molecular complexity index is 999. The van der Waals surface area contributed by atoms with E-state index >= 15 is 0 Å². The van der Waals surface area contributed by atoms with Gasteiger partial charge in [-0.05, 0) is 79.5 Å². The molecule has 6 heteroatoms. The summed E-state index contributed by atoms with van der Waals surface area (Å²) >= 11 is 0. The first-order valence-corrected chi connectivity index (χ1v) is 11.1. The van der Waals surface area contributed by atoms with Crippen LogP contribution in [0.5, 0.6) is 5.75 Å². The topological polar surface area (TPSA) is 87.7 Å². The summed E-state index contributed by atoms with van der Waals surface area (Å²) in [5.41, 5.74) is 4.69. The molecule has 32 heavy (non-hydrogen) atoms. The summed E-state index contributed by atoms with van der Waals surface area (Å²) in [5.74, 6) is 0.166. The highest BCUT2D eigenvalue weighted by atomic mass is 16.5. The summed E-state index contributed by atoms with van der Waals surface area (Å²) in [6.07, 6.45) is 11.7. The summed E-state index contributed by atoms with van der Waals surface area (Å²) < 4.78 is 6.05. The monoisotopic (exact) mass is 432 g/mol. The maximum Gasteiger partial charge on any atom is 0.267 e. The molecular weight excluding hydrogens is 404 g/mol. The molecule has 6 nitrogen and oxygen atoms in total. The van der Waals surface area contributed by atoms with Gasteiger partial charge < -0.3 is 10.1 Å². The van der Waals surface area contributed by atoms with E-state index in [2.05, 4.69) is 5.32 Å². The van der Waals surface area contributed by atoms with Gasteiger partial charge in [0.2, 0.25) is 0 Å². The standard InChI is InChI=1S/C26H28N2O4/c29-25(28-31)16-9-18-5-7-19(8-6-18)17-24(26(30)27-21-12-13-21)20-10-14-23(15-11-20)32-22-3-1-2-4-22/h5-11,14-17,21-22,31H,1-4,12-13H2,(H,27,30)(H,28,29). The molecule has 0 atom stereocenters. The molecule has 2 fully saturated rings. The molecule has 0 bridgehead atoms. The van der Waals surface area contributed by atoms with Gasteiger partial charge in [0.1, 0.15) is 5.75 Å². The summed E-state index contributed by atoms with van der Waals surface area (Å²) in [4.78, 5) is 24.1. The fraction of sp³-hybridized carbons (Fsp3) is 0.308. The van der Waals surface area contributed by atoms with Gasteiger partial charge in [-0.2, -0.15) is 0 Å². The second-order valence-electron chi connectivity index (χ2n) is 8.33. The Morgan fingerprint density at radius 2 is 1.56 bits per heavy atom.